The second-order valence-corrected chi connectivity index (χ2v) is 6.04. The van der Waals surface area contributed by atoms with Crippen molar-refractivity contribution in [2.45, 2.75) is 46.1 Å². The number of methoxy groups -OCH3 is 1. The molecule has 0 amide bonds. The first kappa shape index (κ1) is 24.6. The minimum absolute atomic E-state index is 0.250. The van der Waals surface area contributed by atoms with Crippen LogP contribution in [0.25, 0.3) is 11.0 Å². The van der Waals surface area contributed by atoms with E-state index in [9.17, 15) is 0 Å². The highest BCUT2D eigenvalue weighted by molar-refractivity contribution is 5.79. The Labute approximate surface area is 160 Å². The van der Waals surface area contributed by atoms with E-state index in [4.69, 9.17) is 29.5 Å². The van der Waals surface area contributed by atoms with Gasteiger partial charge in [0.1, 0.15) is 5.82 Å². The fourth-order valence-corrected chi connectivity index (χ4v) is 2.48. The van der Waals surface area contributed by atoms with Crippen molar-refractivity contribution in [3.63, 3.8) is 0 Å². The summed E-state index contributed by atoms with van der Waals surface area (Å²) in [5, 5.41) is 17.3. The van der Waals surface area contributed by atoms with Crippen LogP contribution < -0.4 is 5.32 Å². The Hall–Kier alpha value is -2.45. The molecule has 27 heavy (non-hydrogen) atoms. The van der Waals surface area contributed by atoms with Gasteiger partial charge in [-0.05, 0) is 57.4 Å². The summed E-state index contributed by atoms with van der Waals surface area (Å²) in [7, 11) is 1.75. The van der Waals surface area contributed by atoms with Crippen LogP contribution in [0, 0.1) is 13.8 Å². The number of nitrogens with zero attached hydrogens (tertiary/aromatic N) is 1. The van der Waals surface area contributed by atoms with Crippen molar-refractivity contribution in [3.05, 3.63) is 29.1 Å². The number of benzene rings is 1. The number of H-pyrrole nitrogens is 1. The van der Waals surface area contributed by atoms with Gasteiger partial charge in [0.2, 0.25) is 0 Å². The third-order valence-electron chi connectivity index (χ3n) is 4.07. The summed E-state index contributed by atoms with van der Waals surface area (Å²) in [6.45, 7) is 7.80. The molecule has 0 aliphatic carbocycles. The van der Waals surface area contributed by atoms with Gasteiger partial charge in [0.25, 0.3) is 12.9 Å². The number of nitrogens with one attached hydrogen (secondary N) is 2. The molecule has 4 N–H and O–H groups in total. The van der Waals surface area contributed by atoms with Crippen LogP contribution in [0.5, 0.6) is 0 Å². The molecule has 1 aromatic carbocycles. The lowest BCUT2D eigenvalue weighted by molar-refractivity contribution is -0.123. The topological polar surface area (TPSA) is 125 Å². The molecule has 0 saturated heterocycles. The number of ether oxygens (including phenoxy) is 1. The Morgan fingerprint density at radius 1 is 1.26 bits per heavy atom. The molecule has 152 valence electrons. The first-order valence-corrected chi connectivity index (χ1v) is 8.77. The number of hydrogen-bond donors (Lipinski definition) is 4. The summed E-state index contributed by atoms with van der Waals surface area (Å²) in [6.07, 6.45) is 3.13. The third kappa shape index (κ3) is 9.72. The maximum absolute atomic E-state index is 8.36. The van der Waals surface area contributed by atoms with Gasteiger partial charge in [-0.2, -0.15) is 0 Å². The van der Waals surface area contributed by atoms with Crippen molar-refractivity contribution in [1.29, 1.82) is 0 Å². The minimum atomic E-state index is -0.250. The molecule has 0 aliphatic rings. The maximum atomic E-state index is 8.36. The molecule has 1 aromatic heterocycles. The quantitative estimate of drug-likeness (QED) is 0.409. The monoisotopic (exact) mass is 381 g/mol. The first-order chi connectivity index (χ1) is 12.9. The fraction of sp³-hybridized carbons (Fsp3) is 0.526. The zero-order valence-corrected chi connectivity index (χ0v) is 16.5. The number of fused-ring (bicyclic) bond motifs is 1. The van der Waals surface area contributed by atoms with Gasteiger partial charge in [-0.1, -0.05) is 6.07 Å². The Morgan fingerprint density at radius 2 is 1.89 bits per heavy atom. The van der Waals surface area contributed by atoms with Gasteiger partial charge in [-0.15, -0.1) is 0 Å². The minimum Gasteiger partial charge on any atom is -0.483 e. The van der Waals surface area contributed by atoms with Crippen LogP contribution in [0.2, 0.25) is 0 Å². The number of aromatic amines is 1. The van der Waals surface area contributed by atoms with Crippen molar-refractivity contribution in [1.82, 2.24) is 15.3 Å². The van der Waals surface area contributed by atoms with E-state index in [2.05, 4.69) is 43.2 Å². The molecule has 0 radical (unpaired) electrons. The molecule has 0 saturated carbocycles. The fourth-order valence-electron chi connectivity index (χ4n) is 2.48. The van der Waals surface area contributed by atoms with Crippen molar-refractivity contribution < 1.29 is 24.5 Å². The van der Waals surface area contributed by atoms with E-state index in [0.29, 0.717) is 6.04 Å². The summed E-state index contributed by atoms with van der Waals surface area (Å²) in [5.74, 6) is 1.09. The normalized spacial score (nSPS) is 11.0. The van der Waals surface area contributed by atoms with Crippen molar-refractivity contribution in [2.24, 2.45) is 0 Å². The summed E-state index contributed by atoms with van der Waals surface area (Å²) in [6, 6.07) is 4.78. The standard InChI is InChI=1S/C17H27N3O.2CH2O2/c1-12-7-8-15-17(14(12)3)20-16(19-15)6-5-10-18-13(2)9-11-21-4;2*2-1-3/h7-8,13,18H,5-6,9-11H2,1-4H3,(H,19,20);2*1H,(H,2,3). The van der Waals surface area contributed by atoms with Crippen molar-refractivity contribution in [2.75, 3.05) is 20.3 Å². The van der Waals surface area contributed by atoms with Crippen LogP contribution in [0.1, 0.15) is 36.7 Å². The molecule has 2 rings (SSSR count). The molecule has 1 heterocycles. The summed E-state index contributed by atoms with van der Waals surface area (Å²) in [5.41, 5.74) is 4.84. The zero-order valence-electron chi connectivity index (χ0n) is 16.5. The van der Waals surface area contributed by atoms with E-state index in [0.717, 1.165) is 49.3 Å². The lowest BCUT2D eigenvalue weighted by Gasteiger charge is -2.12. The highest BCUT2D eigenvalue weighted by Gasteiger charge is 2.07. The molecular formula is C19H31N3O5. The summed E-state index contributed by atoms with van der Waals surface area (Å²) < 4.78 is 5.09. The largest absolute Gasteiger partial charge is 0.483 e. The van der Waals surface area contributed by atoms with Crippen LogP contribution in [-0.2, 0) is 20.7 Å². The Bertz CT molecular complexity index is 667. The van der Waals surface area contributed by atoms with Crippen molar-refractivity contribution in [3.8, 4) is 0 Å². The number of imidazole rings is 1. The third-order valence-corrected chi connectivity index (χ3v) is 4.07. The number of aromatic nitrogens is 2. The van der Waals surface area contributed by atoms with Crippen molar-refractivity contribution >= 4 is 24.0 Å². The van der Waals surface area contributed by atoms with E-state index in [-0.39, 0.29) is 12.9 Å². The van der Waals surface area contributed by atoms with E-state index >= 15 is 0 Å². The molecule has 1 unspecified atom stereocenters. The molecule has 0 bridgehead atoms. The predicted molar refractivity (Wildman–Crippen MR) is 105 cm³/mol. The van der Waals surface area contributed by atoms with Gasteiger partial charge in [0.05, 0.1) is 11.0 Å². The molecule has 8 nitrogen and oxygen atoms in total. The van der Waals surface area contributed by atoms with Gasteiger partial charge in [-0.3, -0.25) is 9.59 Å². The van der Waals surface area contributed by atoms with E-state index in [1.807, 2.05) is 0 Å². The SMILES string of the molecule is COCCC(C)NCCCc1nc2c(C)c(C)ccc2[nH]1.O=CO.O=CO. The summed E-state index contributed by atoms with van der Waals surface area (Å²) in [4.78, 5) is 24.9. The second kappa shape index (κ2) is 14.7. The lowest BCUT2D eigenvalue weighted by Crippen LogP contribution is -2.28. The average molecular weight is 381 g/mol. The number of hydrogen-bond acceptors (Lipinski definition) is 5. The predicted octanol–water partition coefficient (Wildman–Crippen LogP) is 2.53. The first-order valence-electron chi connectivity index (χ1n) is 8.77. The van der Waals surface area contributed by atoms with Crippen LogP contribution in [0.4, 0.5) is 0 Å². The van der Waals surface area contributed by atoms with Crippen LogP contribution >= 0.6 is 0 Å². The number of aryl methyl sites for hydroxylation is 3. The van der Waals surface area contributed by atoms with Gasteiger partial charge in [0, 0.05) is 26.2 Å². The molecule has 0 aliphatic heterocycles. The van der Waals surface area contributed by atoms with Crippen LogP contribution in [0.15, 0.2) is 12.1 Å². The average Bonchev–Trinajstić information content (AvgIpc) is 3.05. The van der Waals surface area contributed by atoms with Crippen LogP contribution in [-0.4, -0.2) is 59.4 Å². The highest BCUT2D eigenvalue weighted by Crippen LogP contribution is 2.19. The van der Waals surface area contributed by atoms with Gasteiger partial charge in [-0.25, -0.2) is 4.98 Å². The molecule has 0 fully saturated rings. The maximum Gasteiger partial charge on any atom is 0.290 e. The number of carboxylic acid groups (broad SMARTS) is 2. The van der Waals surface area contributed by atoms with Gasteiger partial charge in [0.15, 0.2) is 0 Å². The Balaban J connectivity index is 0.000000997. The second-order valence-electron chi connectivity index (χ2n) is 6.04. The molecular weight excluding hydrogens is 350 g/mol. The highest BCUT2D eigenvalue weighted by atomic mass is 16.5. The Kier molecular flexibility index (Phi) is 13.4. The molecule has 0 spiro atoms. The summed E-state index contributed by atoms with van der Waals surface area (Å²) >= 11 is 0. The lowest BCUT2D eigenvalue weighted by atomic mass is 10.1. The molecule has 1 atom stereocenters. The van der Waals surface area contributed by atoms with Crippen LogP contribution in [0.3, 0.4) is 0 Å². The smallest absolute Gasteiger partial charge is 0.290 e. The number of rotatable bonds is 8. The Morgan fingerprint density at radius 3 is 2.48 bits per heavy atom. The van der Waals surface area contributed by atoms with E-state index in [1.54, 1.807) is 7.11 Å². The van der Waals surface area contributed by atoms with E-state index < -0.39 is 0 Å². The van der Waals surface area contributed by atoms with E-state index in [1.165, 1.54) is 11.1 Å². The zero-order chi connectivity index (χ0) is 20.7. The number of carbonyl (C=O) groups is 2. The molecule has 8 heteroatoms. The van der Waals surface area contributed by atoms with Gasteiger partial charge < -0.3 is 25.3 Å². The molecule has 2 aromatic rings. The van der Waals surface area contributed by atoms with Gasteiger partial charge >= 0.3 is 0 Å².